The lowest BCUT2D eigenvalue weighted by molar-refractivity contribution is 0.596. The van der Waals surface area contributed by atoms with Gasteiger partial charge < -0.3 is 5.32 Å². The van der Waals surface area contributed by atoms with Crippen molar-refractivity contribution in [2.24, 2.45) is 0 Å². The summed E-state index contributed by atoms with van der Waals surface area (Å²) in [5, 5.41) is 3.71. The molecule has 0 bridgehead atoms. The molecule has 0 saturated heterocycles. The van der Waals surface area contributed by atoms with Crippen molar-refractivity contribution in [3.63, 3.8) is 0 Å². The minimum atomic E-state index is 0.282. The lowest BCUT2D eigenvalue weighted by Gasteiger charge is -2.22. The zero-order valence-electron chi connectivity index (χ0n) is 14.0. The summed E-state index contributed by atoms with van der Waals surface area (Å²) < 4.78 is 0. The third-order valence-electron chi connectivity index (χ3n) is 4.20. The van der Waals surface area contributed by atoms with Gasteiger partial charge in [0.1, 0.15) is 0 Å². The van der Waals surface area contributed by atoms with Crippen molar-refractivity contribution >= 4 is 0 Å². The van der Waals surface area contributed by atoms with E-state index >= 15 is 0 Å². The maximum absolute atomic E-state index is 3.71. The molecule has 1 nitrogen and oxygen atoms in total. The molecule has 1 N–H and O–H groups in total. The van der Waals surface area contributed by atoms with E-state index in [2.05, 4.69) is 76.3 Å². The minimum absolute atomic E-state index is 0.282. The Balaban J connectivity index is 2.44. The van der Waals surface area contributed by atoms with E-state index in [1.54, 1.807) is 0 Å². The highest BCUT2D eigenvalue weighted by molar-refractivity contribution is 5.41. The zero-order valence-corrected chi connectivity index (χ0v) is 14.0. The third-order valence-corrected chi connectivity index (χ3v) is 4.20. The molecule has 1 unspecified atom stereocenters. The van der Waals surface area contributed by atoms with Crippen LogP contribution in [0.1, 0.15) is 52.8 Å². The van der Waals surface area contributed by atoms with Gasteiger partial charge in [-0.1, -0.05) is 48.9 Å². The fraction of sp³-hybridized carbons (Fsp3) is 0.400. The molecule has 0 aliphatic carbocycles. The Kier molecular flexibility index (Phi) is 5.19. The van der Waals surface area contributed by atoms with Gasteiger partial charge in [-0.3, -0.25) is 0 Å². The maximum atomic E-state index is 3.71. The first-order valence-corrected chi connectivity index (χ1v) is 7.90. The molecule has 0 radical (unpaired) electrons. The van der Waals surface area contributed by atoms with Crippen LogP contribution < -0.4 is 5.32 Å². The molecule has 0 heterocycles. The van der Waals surface area contributed by atoms with E-state index in [1.165, 1.54) is 33.4 Å². The predicted molar refractivity (Wildman–Crippen MR) is 92.0 cm³/mol. The van der Waals surface area contributed by atoms with Crippen molar-refractivity contribution in [2.75, 3.05) is 6.54 Å². The molecule has 0 aliphatic heterocycles. The lowest BCUT2D eigenvalue weighted by Crippen LogP contribution is -2.24. The molecule has 1 heteroatoms. The molecule has 0 spiro atoms. The smallest absolute Gasteiger partial charge is 0.0579 e. The van der Waals surface area contributed by atoms with Crippen LogP contribution in [-0.4, -0.2) is 6.54 Å². The highest BCUT2D eigenvalue weighted by Crippen LogP contribution is 2.27. The number of hydrogen-bond acceptors (Lipinski definition) is 1. The van der Waals surface area contributed by atoms with Crippen LogP contribution in [0.2, 0.25) is 0 Å². The number of aryl methyl sites for hydroxylation is 4. The molecule has 112 valence electrons. The van der Waals surface area contributed by atoms with Crippen LogP contribution in [-0.2, 0) is 0 Å². The zero-order chi connectivity index (χ0) is 15.4. The Morgan fingerprint density at radius 3 is 2.24 bits per heavy atom. The SMILES string of the molecule is CCCNC(c1ccc(C)c(C)c1)c1ccc(C)cc1C. The summed E-state index contributed by atoms with van der Waals surface area (Å²) in [6.07, 6.45) is 1.15. The first-order valence-electron chi connectivity index (χ1n) is 7.90. The van der Waals surface area contributed by atoms with E-state index in [-0.39, 0.29) is 6.04 Å². The fourth-order valence-electron chi connectivity index (χ4n) is 2.79. The molecule has 0 amide bonds. The van der Waals surface area contributed by atoms with Crippen molar-refractivity contribution in [1.82, 2.24) is 5.32 Å². The van der Waals surface area contributed by atoms with Crippen molar-refractivity contribution in [1.29, 1.82) is 0 Å². The van der Waals surface area contributed by atoms with Gasteiger partial charge in [0.15, 0.2) is 0 Å². The highest BCUT2D eigenvalue weighted by atomic mass is 14.9. The van der Waals surface area contributed by atoms with E-state index < -0.39 is 0 Å². The van der Waals surface area contributed by atoms with Gasteiger partial charge in [0.2, 0.25) is 0 Å². The van der Waals surface area contributed by atoms with E-state index in [1.807, 2.05) is 0 Å². The van der Waals surface area contributed by atoms with Gasteiger partial charge in [0, 0.05) is 0 Å². The van der Waals surface area contributed by atoms with Gasteiger partial charge >= 0.3 is 0 Å². The Morgan fingerprint density at radius 1 is 0.857 bits per heavy atom. The van der Waals surface area contributed by atoms with Gasteiger partial charge in [0.25, 0.3) is 0 Å². The van der Waals surface area contributed by atoms with Crippen LogP contribution >= 0.6 is 0 Å². The summed E-state index contributed by atoms with van der Waals surface area (Å²) in [6.45, 7) is 12.0. The van der Waals surface area contributed by atoms with Crippen LogP contribution in [0.5, 0.6) is 0 Å². The third kappa shape index (κ3) is 3.74. The summed E-state index contributed by atoms with van der Waals surface area (Å²) in [5.41, 5.74) is 8.15. The molecule has 1 atom stereocenters. The monoisotopic (exact) mass is 281 g/mol. The first kappa shape index (κ1) is 15.8. The van der Waals surface area contributed by atoms with Crippen LogP contribution in [0.4, 0.5) is 0 Å². The molecule has 2 aromatic carbocycles. The molecule has 0 fully saturated rings. The first-order chi connectivity index (χ1) is 10.0. The van der Waals surface area contributed by atoms with E-state index in [4.69, 9.17) is 0 Å². The standard InChI is InChI=1S/C20H27N/c1-6-11-21-20(18-9-8-15(3)16(4)13-18)19-10-7-14(2)12-17(19)5/h7-10,12-13,20-21H,6,11H2,1-5H3. The van der Waals surface area contributed by atoms with E-state index in [0.29, 0.717) is 0 Å². The normalized spacial score (nSPS) is 12.4. The highest BCUT2D eigenvalue weighted by Gasteiger charge is 2.16. The summed E-state index contributed by atoms with van der Waals surface area (Å²) in [7, 11) is 0. The van der Waals surface area contributed by atoms with Gasteiger partial charge in [-0.05, 0) is 68.5 Å². The molecule has 2 rings (SSSR count). The van der Waals surface area contributed by atoms with Crippen molar-refractivity contribution in [3.05, 3.63) is 69.8 Å². The van der Waals surface area contributed by atoms with Gasteiger partial charge in [-0.25, -0.2) is 0 Å². The van der Waals surface area contributed by atoms with E-state index in [0.717, 1.165) is 13.0 Å². The number of hydrogen-bond donors (Lipinski definition) is 1. The van der Waals surface area contributed by atoms with Crippen LogP contribution in [0.25, 0.3) is 0 Å². The van der Waals surface area contributed by atoms with Gasteiger partial charge in [-0.2, -0.15) is 0 Å². The summed E-state index contributed by atoms with van der Waals surface area (Å²) in [5.74, 6) is 0. The van der Waals surface area contributed by atoms with Crippen molar-refractivity contribution < 1.29 is 0 Å². The molecule has 2 aromatic rings. The topological polar surface area (TPSA) is 12.0 Å². The second-order valence-electron chi connectivity index (χ2n) is 6.09. The second kappa shape index (κ2) is 6.91. The van der Waals surface area contributed by atoms with Gasteiger partial charge in [-0.15, -0.1) is 0 Å². The van der Waals surface area contributed by atoms with Crippen LogP contribution in [0.3, 0.4) is 0 Å². The van der Waals surface area contributed by atoms with Crippen LogP contribution in [0.15, 0.2) is 36.4 Å². The number of nitrogens with one attached hydrogen (secondary N) is 1. The minimum Gasteiger partial charge on any atom is -0.306 e. The number of benzene rings is 2. The molecule has 0 aromatic heterocycles. The van der Waals surface area contributed by atoms with Crippen molar-refractivity contribution in [3.8, 4) is 0 Å². The van der Waals surface area contributed by atoms with Gasteiger partial charge in [0.05, 0.1) is 6.04 Å². The second-order valence-corrected chi connectivity index (χ2v) is 6.09. The number of rotatable bonds is 5. The molecular weight excluding hydrogens is 254 g/mol. The summed E-state index contributed by atoms with van der Waals surface area (Å²) in [4.78, 5) is 0. The Morgan fingerprint density at radius 2 is 1.62 bits per heavy atom. The molecule has 0 aliphatic rings. The Bertz CT molecular complexity index is 613. The Labute approximate surface area is 129 Å². The molecule has 0 saturated carbocycles. The predicted octanol–water partition coefficient (Wildman–Crippen LogP) is 5.01. The lowest BCUT2D eigenvalue weighted by atomic mass is 9.92. The Hall–Kier alpha value is -1.60. The van der Waals surface area contributed by atoms with Crippen molar-refractivity contribution in [2.45, 2.75) is 47.1 Å². The summed E-state index contributed by atoms with van der Waals surface area (Å²) >= 11 is 0. The molecule has 21 heavy (non-hydrogen) atoms. The maximum Gasteiger partial charge on any atom is 0.0579 e. The average molecular weight is 281 g/mol. The van der Waals surface area contributed by atoms with E-state index in [9.17, 15) is 0 Å². The fourth-order valence-corrected chi connectivity index (χ4v) is 2.79. The largest absolute Gasteiger partial charge is 0.306 e. The van der Waals surface area contributed by atoms with Crippen LogP contribution in [0, 0.1) is 27.7 Å². The average Bonchev–Trinajstić information content (AvgIpc) is 2.44. The quantitative estimate of drug-likeness (QED) is 0.812. The molecular formula is C20H27N. The summed E-state index contributed by atoms with van der Waals surface area (Å²) in [6, 6.07) is 13.9.